The Morgan fingerprint density at radius 2 is 1.74 bits per heavy atom. The Labute approximate surface area is 185 Å². The summed E-state index contributed by atoms with van der Waals surface area (Å²) in [6.07, 6.45) is 5.74. The molecule has 0 saturated heterocycles. The molecule has 1 aliphatic carbocycles. The number of hydrogen-bond acceptors (Lipinski definition) is 4. The lowest BCUT2D eigenvalue weighted by atomic mass is 9.92. The summed E-state index contributed by atoms with van der Waals surface area (Å²) in [7, 11) is 0. The summed E-state index contributed by atoms with van der Waals surface area (Å²) in [5.41, 5.74) is 9.15. The van der Waals surface area contributed by atoms with Crippen LogP contribution in [0.4, 0.5) is 20.3 Å². The maximum absolute atomic E-state index is 13.4. The fourth-order valence-electron chi connectivity index (χ4n) is 3.93. The Bertz CT molecular complexity index is 1030. The van der Waals surface area contributed by atoms with Gasteiger partial charge in [-0.15, -0.1) is 0 Å². The van der Waals surface area contributed by atoms with Gasteiger partial charge in [0.2, 0.25) is 0 Å². The lowest BCUT2D eigenvalue weighted by molar-refractivity contribution is 0.410. The lowest BCUT2D eigenvalue weighted by Crippen LogP contribution is -2.33. The molecular formula is C24H25ClF2N4. The van der Waals surface area contributed by atoms with Crippen molar-refractivity contribution in [1.29, 1.82) is 0 Å². The summed E-state index contributed by atoms with van der Waals surface area (Å²) in [4.78, 5) is 4.43. The molecule has 2 aromatic carbocycles. The van der Waals surface area contributed by atoms with Crippen LogP contribution in [0, 0.1) is 11.6 Å². The fourth-order valence-corrected chi connectivity index (χ4v) is 4.14. The summed E-state index contributed by atoms with van der Waals surface area (Å²) < 4.78 is 26.8. The van der Waals surface area contributed by atoms with Crippen LogP contribution in [0.2, 0.25) is 5.02 Å². The molecule has 4 nitrogen and oxygen atoms in total. The summed E-state index contributed by atoms with van der Waals surface area (Å²) in [6.45, 7) is 0.304. The van der Waals surface area contributed by atoms with Gasteiger partial charge in [0.15, 0.2) is 0 Å². The summed E-state index contributed by atoms with van der Waals surface area (Å²) in [6, 6.07) is 13.9. The van der Waals surface area contributed by atoms with Crippen molar-refractivity contribution < 1.29 is 8.78 Å². The van der Waals surface area contributed by atoms with Gasteiger partial charge in [-0.2, -0.15) is 0 Å². The fraction of sp³-hybridized carbons (Fsp3) is 0.292. The van der Waals surface area contributed by atoms with Crippen molar-refractivity contribution in [2.45, 2.75) is 44.3 Å². The van der Waals surface area contributed by atoms with E-state index >= 15 is 0 Å². The Morgan fingerprint density at radius 1 is 1.00 bits per heavy atom. The molecule has 162 valence electrons. The van der Waals surface area contributed by atoms with Crippen LogP contribution >= 0.6 is 11.6 Å². The van der Waals surface area contributed by atoms with E-state index in [2.05, 4.69) is 15.6 Å². The molecule has 31 heavy (non-hydrogen) atoms. The highest BCUT2D eigenvalue weighted by atomic mass is 35.5. The molecule has 4 rings (SSSR count). The van der Waals surface area contributed by atoms with Crippen LogP contribution in [0.3, 0.4) is 0 Å². The molecule has 1 aromatic heterocycles. The van der Waals surface area contributed by atoms with Gasteiger partial charge in [0.25, 0.3) is 0 Å². The van der Waals surface area contributed by atoms with Gasteiger partial charge in [-0.1, -0.05) is 23.7 Å². The Morgan fingerprint density at radius 3 is 2.48 bits per heavy atom. The zero-order valence-electron chi connectivity index (χ0n) is 17.0. The third-order valence-electron chi connectivity index (χ3n) is 5.57. The van der Waals surface area contributed by atoms with E-state index in [0.29, 0.717) is 29.2 Å². The first-order valence-electron chi connectivity index (χ1n) is 10.4. The van der Waals surface area contributed by atoms with Crippen molar-refractivity contribution in [2.75, 3.05) is 10.6 Å². The minimum absolute atomic E-state index is 0.297. The molecule has 0 amide bonds. The van der Waals surface area contributed by atoms with Crippen LogP contribution in [-0.2, 0) is 6.54 Å². The molecule has 0 bridgehead atoms. The second-order valence-corrected chi connectivity index (χ2v) is 8.42. The van der Waals surface area contributed by atoms with Crippen LogP contribution in [-0.4, -0.2) is 17.1 Å². The van der Waals surface area contributed by atoms with Crippen molar-refractivity contribution in [3.8, 4) is 11.1 Å². The minimum atomic E-state index is -0.589. The van der Waals surface area contributed by atoms with E-state index < -0.39 is 11.6 Å². The van der Waals surface area contributed by atoms with E-state index in [1.165, 1.54) is 12.1 Å². The normalized spacial score (nSPS) is 18.6. The second-order valence-electron chi connectivity index (χ2n) is 8.02. The molecular weight excluding hydrogens is 418 g/mol. The monoisotopic (exact) mass is 442 g/mol. The molecule has 0 aliphatic heterocycles. The van der Waals surface area contributed by atoms with E-state index in [1.807, 2.05) is 30.3 Å². The van der Waals surface area contributed by atoms with Crippen molar-refractivity contribution >= 4 is 23.1 Å². The predicted octanol–water partition coefficient (Wildman–Crippen LogP) is 5.97. The van der Waals surface area contributed by atoms with Gasteiger partial charge >= 0.3 is 0 Å². The van der Waals surface area contributed by atoms with Crippen LogP contribution in [0.15, 0.2) is 54.7 Å². The number of benzene rings is 2. The largest absolute Gasteiger partial charge is 0.381 e. The molecule has 1 saturated carbocycles. The minimum Gasteiger partial charge on any atom is -0.381 e. The van der Waals surface area contributed by atoms with E-state index in [0.717, 1.165) is 54.4 Å². The average Bonchev–Trinajstić information content (AvgIpc) is 2.75. The van der Waals surface area contributed by atoms with Gasteiger partial charge in [0, 0.05) is 42.1 Å². The molecule has 1 heterocycles. The van der Waals surface area contributed by atoms with Crippen LogP contribution < -0.4 is 16.4 Å². The molecule has 3 aromatic rings. The number of rotatable bonds is 6. The SMILES string of the molecule is N[C@H]1CC[C@H](Nc2cc(-c3cccc(NCc4cc(F)cc(F)c4)c3)c(Cl)cn2)CC1. The summed E-state index contributed by atoms with van der Waals surface area (Å²) >= 11 is 6.44. The molecule has 0 unspecified atom stereocenters. The third-order valence-corrected chi connectivity index (χ3v) is 5.87. The highest BCUT2D eigenvalue weighted by Gasteiger charge is 2.19. The van der Waals surface area contributed by atoms with E-state index in [9.17, 15) is 8.78 Å². The first-order chi connectivity index (χ1) is 15.0. The van der Waals surface area contributed by atoms with Crippen molar-refractivity contribution in [3.05, 3.63) is 76.9 Å². The van der Waals surface area contributed by atoms with Crippen LogP contribution in [0.1, 0.15) is 31.2 Å². The van der Waals surface area contributed by atoms with Gasteiger partial charge in [0.05, 0.1) is 5.02 Å². The smallest absolute Gasteiger partial charge is 0.126 e. The number of nitrogens with zero attached hydrogens (tertiary/aromatic N) is 1. The van der Waals surface area contributed by atoms with E-state index in [4.69, 9.17) is 17.3 Å². The molecule has 1 fully saturated rings. The molecule has 1 aliphatic rings. The number of nitrogens with two attached hydrogens (primary N) is 1. The zero-order valence-corrected chi connectivity index (χ0v) is 17.8. The Balaban J connectivity index is 1.48. The van der Waals surface area contributed by atoms with Crippen molar-refractivity contribution in [2.24, 2.45) is 5.73 Å². The van der Waals surface area contributed by atoms with Gasteiger partial charge in [-0.25, -0.2) is 13.8 Å². The summed E-state index contributed by atoms with van der Waals surface area (Å²) in [5.74, 6) is -0.392. The van der Waals surface area contributed by atoms with E-state index in [-0.39, 0.29) is 0 Å². The van der Waals surface area contributed by atoms with Crippen LogP contribution in [0.25, 0.3) is 11.1 Å². The van der Waals surface area contributed by atoms with Crippen molar-refractivity contribution in [1.82, 2.24) is 4.98 Å². The average molecular weight is 443 g/mol. The van der Waals surface area contributed by atoms with Crippen LogP contribution in [0.5, 0.6) is 0 Å². The number of nitrogens with one attached hydrogen (secondary N) is 2. The maximum Gasteiger partial charge on any atom is 0.126 e. The highest BCUT2D eigenvalue weighted by molar-refractivity contribution is 6.33. The number of halogens is 3. The zero-order chi connectivity index (χ0) is 21.8. The number of hydrogen-bond donors (Lipinski definition) is 3. The second kappa shape index (κ2) is 9.62. The first kappa shape index (κ1) is 21.5. The van der Waals surface area contributed by atoms with Crippen molar-refractivity contribution in [3.63, 3.8) is 0 Å². The van der Waals surface area contributed by atoms with Gasteiger partial charge in [-0.3, -0.25) is 0 Å². The summed E-state index contributed by atoms with van der Waals surface area (Å²) in [5, 5.41) is 7.26. The molecule has 0 radical (unpaired) electrons. The topological polar surface area (TPSA) is 63.0 Å². The Kier molecular flexibility index (Phi) is 6.68. The van der Waals surface area contributed by atoms with Gasteiger partial charge in [-0.05, 0) is 67.1 Å². The van der Waals surface area contributed by atoms with Gasteiger partial charge < -0.3 is 16.4 Å². The van der Waals surface area contributed by atoms with E-state index in [1.54, 1.807) is 6.20 Å². The standard InChI is InChI=1S/C24H25ClF2N4/c25-23-14-30-24(31-20-6-4-19(28)5-7-20)12-22(23)16-2-1-3-21(10-16)29-13-15-8-17(26)11-18(27)9-15/h1-3,8-12,14,19-20,29H,4-7,13,28H2,(H,30,31)/t19-,20-. The molecule has 4 N–H and O–H groups in total. The number of aromatic nitrogens is 1. The van der Waals surface area contributed by atoms with Gasteiger partial charge in [0.1, 0.15) is 17.5 Å². The highest BCUT2D eigenvalue weighted by Crippen LogP contribution is 2.32. The Hall–Kier alpha value is -2.70. The predicted molar refractivity (Wildman–Crippen MR) is 122 cm³/mol. The maximum atomic E-state index is 13.4. The molecule has 0 atom stereocenters. The quantitative estimate of drug-likeness (QED) is 0.439. The lowest BCUT2D eigenvalue weighted by Gasteiger charge is -2.27. The number of anilines is 2. The molecule has 0 spiro atoms. The number of pyridine rings is 1. The molecule has 7 heteroatoms. The third kappa shape index (κ3) is 5.71. The first-order valence-corrected chi connectivity index (χ1v) is 10.8.